The van der Waals surface area contributed by atoms with Crippen LogP contribution in [0.4, 0.5) is 5.69 Å². The number of benzene rings is 2. The molecule has 4 aromatic rings. The van der Waals surface area contributed by atoms with Gasteiger partial charge in [-0.05, 0) is 48.5 Å². The fourth-order valence-electron chi connectivity index (χ4n) is 3.11. The molecular weight excluding hydrogens is 388 g/mol. The summed E-state index contributed by atoms with van der Waals surface area (Å²) in [5.74, 6) is -0.141. The van der Waals surface area contributed by atoms with E-state index < -0.39 is 0 Å². The van der Waals surface area contributed by atoms with Gasteiger partial charge in [-0.3, -0.25) is 9.78 Å². The van der Waals surface area contributed by atoms with Crippen molar-refractivity contribution in [1.29, 1.82) is 5.26 Å². The van der Waals surface area contributed by atoms with Crippen LogP contribution in [0, 0.1) is 11.3 Å². The number of para-hydroxylation sites is 1. The van der Waals surface area contributed by atoms with Gasteiger partial charge in [-0.1, -0.05) is 18.2 Å². The first kappa shape index (κ1) is 19.9. The van der Waals surface area contributed by atoms with Gasteiger partial charge in [0.05, 0.1) is 29.6 Å². The highest BCUT2D eigenvalue weighted by Gasteiger charge is 2.13. The minimum absolute atomic E-state index is 0.128. The maximum atomic E-state index is 12.4. The van der Waals surface area contributed by atoms with E-state index in [2.05, 4.69) is 21.7 Å². The predicted molar refractivity (Wildman–Crippen MR) is 118 cm³/mol. The van der Waals surface area contributed by atoms with Crippen LogP contribution in [-0.2, 0) is 11.3 Å². The molecule has 152 valence electrons. The molecule has 2 aromatic heterocycles. The molecule has 0 saturated carbocycles. The largest absolute Gasteiger partial charge is 0.376 e. The minimum Gasteiger partial charge on any atom is -0.376 e. The quantitative estimate of drug-likeness (QED) is 0.488. The van der Waals surface area contributed by atoms with E-state index in [1.54, 1.807) is 36.7 Å². The third kappa shape index (κ3) is 4.95. The number of anilines is 1. The molecule has 7 nitrogen and oxygen atoms in total. The number of pyridine rings is 1. The molecule has 0 atom stereocenters. The Balaban J connectivity index is 1.46. The van der Waals surface area contributed by atoms with Gasteiger partial charge < -0.3 is 10.6 Å². The molecule has 0 aliphatic carbocycles. The van der Waals surface area contributed by atoms with E-state index in [4.69, 9.17) is 10.4 Å². The number of nitrogens with one attached hydrogen (secondary N) is 2. The monoisotopic (exact) mass is 408 g/mol. The lowest BCUT2D eigenvalue weighted by Gasteiger charge is -2.08. The predicted octanol–water partition coefficient (Wildman–Crippen LogP) is 3.53. The Morgan fingerprint density at radius 2 is 1.74 bits per heavy atom. The number of hydrogen-bond acceptors (Lipinski definition) is 5. The summed E-state index contributed by atoms with van der Waals surface area (Å²) in [5.41, 5.74) is 4.94. The molecule has 2 N–H and O–H groups in total. The van der Waals surface area contributed by atoms with Gasteiger partial charge in [-0.25, -0.2) is 4.68 Å². The van der Waals surface area contributed by atoms with Crippen LogP contribution in [-0.4, -0.2) is 27.2 Å². The highest BCUT2D eigenvalue weighted by molar-refractivity contribution is 5.81. The second-order valence-corrected chi connectivity index (χ2v) is 6.84. The molecule has 2 aromatic carbocycles. The highest BCUT2D eigenvalue weighted by atomic mass is 16.1. The topological polar surface area (TPSA) is 95.6 Å². The van der Waals surface area contributed by atoms with Gasteiger partial charge >= 0.3 is 0 Å². The SMILES string of the molecule is N#Cc1ccc(NCC(=O)NCc2cn(-c3ccccc3)nc2-c2ccncc2)cc1. The highest BCUT2D eigenvalue weighted by Crippen LogP contribution is 2.23. The number of nitriles is 1. The summed E-state index contributed by atoms with van der Waals surface area (Å²) in [7, 11) is 0. The van der Waals surface area contributed by atoms with E-state index in [1.807, 2.05) is 53.3 Å². The number of hydrogen-bond donors (Lipinski definition) is 2. The molecule has 4 rings (SSSR count). The van der Waals surface area contributed by atoms with E-state index in [-0.39, 0.29) is 12.5 Å². The lowest BCUT2D eigenvalue weighted by atomic mass is 10.1. The van der Waals surface area contributed by atoms with Gasteiger partial charge in [0.2, 0.25) is 5.91 Å². The number of carbonyl (C=O) groups excluding carboxylic acids is 1. The Labute approximate surface area is 180 Å². The Kier molecular flexibility index (Phi) is 6.00. The summed E-state index contributed by atoms with van der Waals surface area (Å²) in [6, 6.07) is 22.7. The molecule has 0 saturated heterocycles. The lowest BCUT2D eigenvalue weighted by molar-refractivity contribution is -0.119. The molecule has 0 unspecified atom stereocenters. The Morgan fingerprint density at radius 3 is 2.45 bits per heavy atom. The van der Waals surface area contributed by atoms with Crippen molar-refractivity contribution in [1.82, 2.24) is 20.1 Å². The van der Waals surface area contributed by atoms with Crippen LogP contribution in [0.15, 0.2) is 85.3 Å². The van der Waals surface area contributed by atoms with Crippen molar-refractivity contribution in [3.05, 3.63) is 96.4 Å². The smallest absolute Gasteiger partial charge is 0.239 e. The maximum Gasteiger partial charge on any atom is 0.239 e. The fraction of sp³-hybridized carbons (Fsp3) is 0.0833. The molecule has 0 fully saturated rings. The van der Waals surface area contributed by atoms with Crippen molar-refractivity contribution in [2.24, 2.45) is 0 Å². The second kappa shape index (κ2) is 9.37. The van der Waals surface area contributed by atoms with Gasteiger partial charge in [-0.15, -0.1) is 0 Å². The molecule has 31 heavy (non-hydrogen) atoms. The molecule has 7 heteroatoms. The molecular formula is C24H20N6O. The van der Waals surface area contributed by atoms with Crippen LogP contribution in [0.1, 0.15) is 11.1 Å². The molecule has 0 bridgehead atoms. The third-order valence-corrected chi connectivity index (χ3v) is 4.71. The first-order valence-electron chi connectivity index (χ1n) is 9.78. The first-order chi connectivity index (χ1) is 15.2. The summed E-state index contributed by atoms with van der Waals surface area (Å²) < 4.78 is 1.81. The average molecular weight is 408 g/mol. The van der Waals surface area contributed by atoms with Crippen molar-refractivity contribution in [2.75, 3.05) is 11.9 Å². The Hall–Kier alpha value is -4.44. The number of aromatic nitrogens is 3. The maximum absolute atomic E-state index is 12.4. The van der Waals surface area contributed by atoms with Crippen LogP contribution < -0.4 is 10.6 Å². The lowest BCUT2D eigenvalue weighted by Crippen LogP contribution is -2.29. The van der Waals surface area contributed by atoms with E-state index in [0.717, 1.165) is 28.2 Å². The van der Waals surface area contributed by atoms with Crippen LogP contribution in [0.3, 0.4) is 0 Å². The normalized spacial score (nSPS) is 10.3. The number of rotatable bonds is 7. The molecule has 0 aliphatic heterocycles. The zero-order valence-corrected chi connectivity index (χ0v) is 16.7. The number of amides is 1. The molecule has 0 radical (unpaired) electrons. The van der Waals surface area contributed by atoms with Crippen LogP contribution in [0.2, 0.25) is 0 Å². The van der Waals surface area contributed by atoms with Gasteiger partial charge in [0.25, 0.3) is 0 Å². The number of carbonyl (C=O) groups is 1. The third-order valence-electron chi connectivity index (χ3n) is 4.71. The Bertz CT molecular complexity index is 1190. The average Bonchev–Trinajstić information content (AvgIpc) is 3.27. The van der Waals surface area contributed by atoms with Crippen molar-refractivity contribution < 1.29 is 4.79 Å². The molecule has 0 aliphatic rings. The first-order valence-corrected chi connectivity index (χ1v) is 9.78. The van der Waals surface area contributed by atoms with Crippen LogP contribution >= 0.6 is 0 Å². The van der Waals surface area contributed by atoms with Gasteiger partial charge in [0.1, 0.15) is 0 Å². The van der Waals surface area contributed by atoms with Crippen LogP contribution in [0.25, 0.3) is 16.9 Å². The van der Waals surface area contributed by atoms with E-state index >= 15 is 0 Å². The zero-order chi connectivity index (χ0) is 21.5. The standard InChI is InChI=1S/C24H20N6O/c25-14-18-6-8-21(9-7-18)27-16-23(31)28-15-20-17-30(22-4-2-1-3-5-22)29-24(20)19-10-12-26-13-11-19/h1-13,17,27H,15-16H2,(H,28,31). The summed E-state index contributed by atoms with van der Waals surface area (Å²) in [6.45, 7) is 0.474. The van der Waals surface area contributed by atoms with Crippen LogP contribution in [0.5, 0.6) is 0 Å². The second-order valence-electron chi connectivity index (χ2n) is 6.84. The van der Waals surface area contributed by atoms with Gasteiger partial charge in [-0.2, -0.15) is 10.4 Å². The summed E-state index contributed by atoms with van der Waals surface area (Å²) in [6.07, 6.45) is 5.38. The fourth-order valence-corrected chi connectivity index (χ4v) is 3.11. The van der Waals surface area contributed by atoms with E-state index in [1.165, 1.54) is 0 Å². The van der Waals surface area contributed by atoms with Crippen molar-refractivity contribution in [3.63, 3.8) is 0 Å². The Morgan fingerprint density at radius 1 is 1.00 bits per heavy atom. The zero-order valence-electron chi connectivity index (χ0n) is 16.7. The van der Waals surface area contributed by atoms with Crippen molar-refractivity contribution in [3.8, 4) is 23.0 Å². The summed E-state index contributed by atoms with van der Waals surface area (Å²) in [4.78, 5) is 16.4. The van der Waals surface area contributed by atoms with Gasteiger partial charge in [0, 0.05) is 41.9 Å². The van der Waals surface area contributed by atoms with Crippen molar-refractivity contribution >= 4 is 11.6 Å². The molecule has 2 heterocycles. The number of nitrogens with zero attached hydrogens (tertiary/aromatic N) is 4. The minimum atomic E-state index is -0.141. The molecule has 1 amide bonds. The van der Waals surface area contributed by atoms with Gasteiger partial charge in [0.15, 0.2) is 0 Å². The summed E-state index contributed by atoms with van der Waals surface area (Å²) >= 11 is 0. The molecule has 0 spiro atoms. The van der Waals surface area contributed by atoms with E-state index in [0.29, 0.717) is 12.1 Å². The summed E-state index contributed by atoms with van der Waals surface area (Å²) in [5, 5.41) is 19.6. The van der Waals surface area contributed by atoms with Crippen molar-refractivity contribution in [2.45, 2.75) is 6.54 Å². The van der Waals surface area contributed by atoms with E-state index in [9.17, 15) is 4.79 Å².